The van der Waals surface area contributed by atoms with Crippen molar-refractivity contribution in [3.8, 4) is 5.75 Å². The largest absolute Gasteiger partial charge is 0.495 e. The maximum Gasteiger partial charge on any atom is 0.265 e. The van der Waals surface area contributed by atoms with Crippen molar-refractivity contribution in [2.24, 2.45) is 0 Å². The summed E-state index contributed by atoms with van der Waals surface area (Å²) in [5.74, 6) is 0.299. The van der Waals surface area contributed by atoms with Gasteiger partial charge in [0.2, 0.25) is 0 Å². The summed E-state index contributed by atoms with van der Waals surface area (Å²) >= 11 is 0. The van der Waals surface area contributed by atoms with Crippen LogP contribution in [0.1, 0.15) is 5.56 Å². The van der Waals surface area contributed by atoms with Crippen molar-refractivity contribution >= 4 is 21.4 Å². The smallest absolute Gasteiger partial charge is 0.265 e. The lowest BCUT2D eigenvalue weighted by Gasteiger charge is -2.12. The third-order valence-corrected chi connectivity index (χ3v) is 4.66. The molecule has 0 radical (unpaired) electrons. The summed E-state index contributed by atoms with van der Waals surface area (Å²) in [7, 11) is -2.33. The van der Waals surface area contributed by atoms with E-state index in [1.165, 1.54) is 7.11 Å². The molecule has 0 aliphatic rings. The molecule has 3 rings (SSSR count). The fraction of sp³-hybridized carbons (Fsp3) is 0.133. The predicted molar refractivity (Wildman–Crippen MR) is 83.7 cm³/mol. The SMILES string of the molecule is COc1ccc(C)cc1S(=O)(=O)Nc1cccn2ccnc12. The minimum Gasteiger partial charge on any atom is -0.495 e. The number of sulfonamides is 1. The van der Waals surface area contributed by atoms with Gasteiger partial charge in [-0.05, 0) is 36.8 Å². The van der Waals surface area contributed by atoms with Crippen molar-refractivity contribution in [3.63, 3.8) is 0 Å². The van der Waals surface area contributed by atoms with Crippen LogP contribution < -0.4 is 9.46 Å². The Morgan fingerprint density at radius 1 is 1.23 bits per heavy atom. The predicted octanol–water partition coefficient (Wildman–Crippen LogP) is 2.45. The van der Waals surface area contributed by atoms with Gasteiger partial charge in [0.25, 0.3) is 10.0 Å². The van der Waals surface area contributed by atoms with E-state index in [2.05, 4.69) is 9.71 Å². The monoisotopic (exact) mass is 317 g/mol. The first-order valence-corrected chi connectivity index (χ1v) is 8.09. The van der Waals surface area contributed by atoms with Crippen molar-refractivity contribution in [2.75, 3.05) is 11.8 Å². The first-order chi connectivity index (χ1) is 10.5. The number of aryl methyl sites for hydroxylation is 1. The van der Waals surface area contributed by atoms with Gasteiger partial charge in [0.15, 0.2) is 5.65 Å². The van der Waals surface area contributed by atoms with E-state index in [9.17, 15) is 8.42 Å². The molecule has 0 saturated heterocycles. The first-order valence-electron chi connectivity index (χ1n) is 6.60. The van der Waals surface area contributed by atoms with Crippen LogP contribution in [-0.4, -0.2) is 24.9 Å². The average molecular weight is 317 g/mol. The zero-order valence-corrected chi connectivity index (χ0v) is 13.0. The van der Waals surface area contributed by atoms with Crippen LogP contribution in [0.15, 0.2) is 53.8 Å². The Labute approximate surface area is 128 Å². The highest BCUT2D eigenvalue weighted by molar-refractivity contribution is 7.92. The van der Waals surface area contributed by atoms with E-state index in [1.54, 1.807) is 53.3 Å². The molecule has 2 heterocycles. The highest BCUT2D eigenvalue weighted by Gasteiger charge is 2.21. The lowest BCUT2D eigenvalue weighted by atomic mass is 10.2. The van der Waals surface area contributed by atoms with Crippen LogP contribution in [0.2, 0.25) is 0 Å². The van der Waals surface area contributed by atoms with Crippen molar-refractivity contribution in [2.45, 2.75) is 11.8 Å². The van der Waals surface area contributed by atoms with Crippen LogP contribution in [0.5, 0.6) is 5.75 Å². The van der Waals surface area contributed by atoms with Gasteiger partial charge in [-0.1, -0.05) is 6.07 Å². The van der Waals surface area contributed by atoms with Crippen LogP contribution in [0.4, 0.5) is 5.69 Å². The number of rotatable bonds is 4. The van der Waals surface area contributed by atoms with E-state index in [-0.39, 0.29) is 4.90 Å². The van der Waals surface area contributed by atoms with Gasteiger partial charge in [0.05, 0.1) is 12.8 Å². The summed E-state index contributed by atoms with van der Waals surface area (Å²) in [5, 5.41) is 0. The van der Waals surface area contributed by atoms with Gasteiger partial charge in [0.1, 0.15) is 10.6 Å². The van der Waals surface area contributed by atoms with Gasteiger partial charge in [0, 0.05) is 18.6 Å². The fourth-order valence-corrected chi connectivity index (χ4v) is 3.54. The van der Waals surface area contributed by atoms with E-state index < -0.39 is 10.0 Å². The number of anilines is 1. The van der Waals surface area contributed by atoms with Crippen LogP contribution >= 0.6 is 0 Å². The Morgan fingerprint density at radius 3 is 2.82 bits per heavy atom. The number of aromatic nitrogens is 2. The second-order valence-corrected chi connectivity index (χ2v) is 6.49. The number of imidazole rings is 1. The van der Waals surface area contributed by atoms with Crippen LogP contribution in [0.3, 0.4) is 0 Å². The number of nitrogens with zero attached hydrogens (tertiary/aromatic N) is 2. The number of hydrogen-bond donors (Lipinski definition) is 1. The average Bonchev–Trinajstić information content (AvgIpc) is 2.96. The quantitative estimate of drug-likeness (QED) is 0.802. The van der Waals surface area contributed by atoms with E-state index in [0.717, 1.165) is 5.56 Å². The van der Waals surface area contributed by atoms with Gasteiger partial charge in [-0.25, -0.2) is 13.4 Å². The van der Waals surface area contributed by atoms with E-state index in [1.807, 2.05) is 6.92 Å². The van der Waals surface area contributed by atoms with Gasteiger partial charge < -0.3 is 9.14 Å². The normalized spacial score (nSPS) is 11.5. The highest BCUT2D eigenvalue weighted by Crippen LogP contribution is 2.27. The van der Waals surface area contributed by atoms with Gasteiger partial charge in [-0.2, -0.15) is 0 Å². The summed E-state index contributed by atoms with van der Waals surface area (Å²) < 4.78 is 34.8. The Kier molecular flexibility index (Phi) is 3.50. The van der Waals surface area contributed by atoms with Crippen molar-refractivity contribution < 1.29 is 13.2 Å². The second-order valence-electron chi connectivity index (χ2n) is 4.84. The molecule has 0 atom stereocenters. The van der Waals surface area contributed by atoms with Crippen LogP contribution in [-0.2, 0) is 10.0 Å². The maximum absolute atomic E-state index is 12.7. The number of nitrogens with one attached hydrogen (secondary N) is 1. The lowest BCUT2D eigenvalue weighted by molar-refractivity contribution is 0.402. The number of benzene rings is 1. The van der Waals surface area contributed by atoms with Crippen molar-refractivity contribution in [1.82, 2.24) is 9.38 Å². The highest BCUT2D eigenvalue weighted by atomic mass is 32.2. The van der Waals surface area contributed by atoms with E-state index >= 15 is 0 Å². The standard InChI is InChI=1S/C15H15N3O3S/c1-11-5-6-13(21-2)14(10-11)22(19,20)17-12-4-3-8-18-9-7-16-15(12)18/h3-10,17H,1-2H3. The molecule has 0 saturated carbocycles. The minimum atomic E-state index is -3.78. The number of hydrogen-bond acceptors (Lipinski definition) is 4. The van der Waals surface area contributed by atoms with Crippen molar-refractivity contribution in [3.05, 3.63) is 54.5 Å². The molecule has 1 N–H and O–H groups in total. The summed E-state index contributed by atoms with van der Waals surface area (Å²) in [6.45, 7) is 1.83. The van der Waals surface area contributed by atoms with Crippen LogP contribution in [0, 0.1) is 6.92 Å². The molecule has 0 aliphatic heterocycles. The minimum absolute atomic E-state index is 0.101. The molecule has 22 heavy (non-hydrogen) atoms. The molecular weight excluding hydrogens is 302 g/mol. The summed E-state index contributed by atoms with van der Waals surface area (Å²) in [5.41, 5.74) is 1.79. The molecule has 3 aromatic rings. The molecule has 0 amide bonds. The summed E-state index contributed by atoms with van der Waals surface area (Å²) in [4.78, 5) is 4.26. The molecule has 6 nitrogen and oxygen atoms in total. The van der Waals surface area contributed by atoms with Crippen molar-refractivity contribution in [1.29, 1.82) is 0 Å². The lowest BCUT2D eigenvalue weighted by Crippen LogP contribution is -2.15. The third kappa shape index (κ3) is 2.50. The molecule has 0 unspecified atom stereocenters. The first kappa shape index (κ1) is 14.4. The molecule has 0 spiro atoms. The Bertz CT molecular complexity index is 932. The van der Waals surface area contributed by atoms with Gasteiger partial charge >= 0.3 is 0 Å². The molecule has 0 fully saturated rings. The number of ether oxygens (including phenoxy) is 1. The summed E-state index contributed by atoms with van der Waals surface area (Å²) in [6, 6.07) is 8.43. The van der Waals surface area contributed by atoms with Gasteiger partial charge in [-0.3, -0.25) is 4.72 Å². The molecule has 0 bridgehead atoms. The van der Waals surface area contributed by atoms with Crippen LogP contribution in [0.25, 0.3) is 5.65 Å². The molecule has 7 heteroatoms. The Morgan fingerprint density at radius 2 is 2.05 bits per heavy atom. The molecular formula is C15H15N3O3S. The zero-order chi connectivity index (χ0) is 15.7. The fourth-order valence-electron chi connectivity index (χ4n) is 2.22. The molecule has 0 aliphatic carbocycles. The molecule has 2 aromatic heterocycles. The van der Waals surface area contributed by atoms with E-state index in [4.69, 9.17) is 4.74 Å². The topological polar surface area (TPSA) is 72.7 Å². The van der Waals surface area contributed by atoms with E-state index in [0.29, 0.717) is 17.1 Å². The third-order valence-electron chi connectivity index (χ3n) is 3.27. The zero-order valence-electron chi connectivity index (χ0n) is 12.1. The Hall–Kier alpha value is -2.54. The number of methoxy groups -OCH3 is 1. The second kappa shape index (κ2) is 5.34. The number of fused-ring (bicyclic) bond motifs is 1. The number of pyridine rings is 1. The Balaban J connectivity index is 2.08. The maximum atomic E-state index is 12.7. The van der Waals surface area contributed by atoms with Gasteiger partial charge in [-0.15, -0.1) is 0 Å². The molecule has 114 valence electrons. The summed E-state index contributed by atoms with van der Waals surface area (Å²) in [6.07, 6.45) is 5.16. The molecule has 1 aromatic carbocycles.